The van der Waals surface area contributed by atoms with Crippen molar-refractivity contribution in [3.63, 3.8) is 0 Å². The highest BCUT2D eigenvalue weighted by Gasteiger charge is 2.20. The standard InChI is InChI=1S/C30H38N6O.C4H11N.C3H8.C2H6O.CH2O2.CH2O/c1-5-11-34-14-15-35-28(19-32-3)22-7-9-24-23(16-22)20-37-29-18-25-21(17-26(24)29)8-10-27(33-4)30(25)36-13-6-12-31-2;1-3-4-5-2;2*1-3-2;2-1-3;1-2/h7-10,16-19,31,34-36H,3-6,11-15,20H2,1-2H3;5H,3-4H2,1-2H3;3H2,1-2H3;1-2H3;1H,(H,2,3);1H2/b28-19-;;;;;. The Hall–Kier alpha value is -4.62. The number of benzene rings is 3. The Kier molecular flexibility index (Phi) is 32.8. The average Bonchev–Trinajstić information content (AvgIpc) is 3.17. The Morgan fingerprint density at radius 1 is 0.887 bits per heavy atom. The van der Waals surface area contributed by atoms with Crippen LogP contribution in [-0.4, -0.2) is 99.4 Å². The number of carbonyl (C=O) groups is 2. The highest BCUT2D eigenvalue weighted by atomic mass is 16.5. The van der Waals surface area contributed by atoms with Crippen LogP contribution in [0.2, 0.25) is 0 Å². The van der Waals surface area contributed by atoms with Crippen LogP contribution in [-0.2, 0) is 20.9 Å². The smallest absolute Gasteiger partial charge is 0.290 e. The van der Waals surface area contributed by atoms with Gasteiger partial charge < -0.3 is 46.0 Å². The van der Waals surface area contributed by atoms with E-state index in [-0.39, 0.29) is 6.47 Å². The van der Waals surface area contributed by atoms with Crippen molar-refractivity contribution in [2.24, 2.45) is 9.98 Å². The maximum Gasteiger partial charge on any atom is 0.290 e. The summed E-state index contributed by atoms with van der Waals surface area (Å²) in [5.74, 6) is 0.885. The fourth-order valence-electron chi connectivity index (χ4n) is 4.92. The van der Waals surface area contributed by atoms with Gasteiger partial charge in [0.15, 0.2) is 0 Å². The molecule has 0 saturated heterocycles. The zero-order valence-corrected chi connectivity index (χ0v) is 33.6. The summed E-state index contributed by atoms with van der Waals surface area (Å²) in [7, 11) is 7.18. The van der Waals surface area contributed by atoms with E-state index in [0.717, 1.165) is 102 Å². The third kappa shape index (κ3) is 19.7. The molecule has 6 N–H and O–H groups in total. The number of aliphatic imine (C=N–C) groups is 2. The fourth-order valence-corrected chi connectivity index (χ4v) is 4.92. The van der Waals surface area contributed by atoms with Crippen LogP contribution in [0.15, 0.2) is 58.6 Å². The largest absolute Gasteiger partial charge is 0.488 e. The van der Waals surface area contributed by atoms with Crippen molar-refractivity contribution in [2.75, 3.05) is 72.9 Å². The summed E-state index contributed by atoms with van der Waals surface area (Å²) >= 11 is 0. The predicted molar refractivity (Wildman–Crippen MR) is 228 cm³/mol. The summed E-state index contributed by atoms with van der Waals surface area (Å²) in [4.78, 5) is 24.6. The second-order valence-corrected chi connectivity index (χ2v) is 11.5. The highest BCUT2D eigenvalue weighted by Crippen LogP contribution is 2.44. The van der Waals surface area contributed by atoms with Crippen molar-refractivity contribution in [1.29, 1.82) is 0 Å². The minimum absolute atomic E-state index is 0.250. The minimum Gasteiger partial charge on any atom is -0.488 e. The molecular formula is C41H67N7O5. The van der Waals surface area contributed by atoms with Crippen molar-refractivity contribution < 1.29 is 24.2 Å². The summed E-state index contributed by atoms with van der Waals surface area (Å²) in [5.41, 5.74) is 7.33. The maximum atomic E-state index is 8.36. The van der Waals surface area contributed by atoms with Gasteiger partial charge in [-0.15, -0.1) is 0 Å². The van der Waals surface area contributed by atoms with Gasteiger partial charge in [0.05, 0.1) is 17.1 Å². The molecule has 0 atom stereocenters. The molecule has 1 aliphatic heterocycles. The predicted octanol–water partition coefficient (Wildman–Crippen LogP) is 7.15. The first-order chi connectivity index (χ1) is 25.9. The van der Waals surface area contributed by atoms with Gasteiger partial charge in [0, 0.05) is 51.0 Å². The first-order valence-electron chi connectivity index (χ1n) is 18.1. The van der Waals surface area contributed by atoms with E-state index in [1.54, 1.807) is 20.4 Å². The zero-order chi connectivity index (χ0) is 40.3. The normalized spacial score (nSPS) is 10.5. The Balaban J connectivity index is 0. The number of nitrogens with zero attached hydrogens (tertiary/aromatic N) is 2. The number of ether oxygens (including phenoxy) is 2. The maximum absolute atomic E-state index is 8.36. The number of fused-ring (bicyclic) bond motifs is 4. The molecule has 0 aromatic heterocycles. The van der Waals surface area contributed by atoms with Gasteiger partial charge in [-0.2, -0.15) is 0 Å². The summed E-state index contributed by atoms with van der Waals surface area (Å²) in [6, 6.07) is 15.0. The average molecular weight is 738 g/mol. The van der Waals surface area contributed by atoms with Gasteiger partial charge in [-0.3, -0.25) is 14.8 Å². The molecule has 0 saturated carbocycles. The molecule has 3 aromatic carbocycles. The molecule has 0 amide bonds. The molecule has 1 heterocycles. The molecule has 12 heteroatoms. The summed E-state index contributed by atoms with van der Waals surface area (Å²) in [5, 5.41) is 25.8. The third-order valence-corrected chi connectivity index (χ3v) is 7.03. The van der Waals surface area contributed by atoms with Crippen molar-refractivity contribution in [1.82, 2.24) is 21.3 Å². The Morgan fingerprint density at radius 3 is 2.08 bits per heavy atom. The summed E-state index contributed by atoms with van der Waals surface area (Å²) in [6.45, 7) is 23.9. The topological polar surface area (TPSA) is 158 Å². The zero-order valence-electron chi connectivity index (χ0n) is 33.6. The molecule has 0 aliphatic carbocycles. The van der Waals surface area contributed by atoms with Gasteiger partial charge in [-0.1, -0.05) is 52.3 Å². The van der Waals surface area contributed by atoms with Gasteiger partial charge >= 0.3 is 0 Å². The van der Waals surface area contributed by atoms with Crippen molar-refractivity contribution in [3.8, 4) is 16.9 Å². The Morgan fingerprint density at radius 2 is 1.53 bits per heavy atom. The molecule has 0 radical (unpaired) electrons. The minimum atomic E-state index is -0.250. The number of methoxy groups -OCH3 is 1. The number of carbonyl (C=O) groups excluding carboxylic acids is 1. The van der Waals surface area contributed by atoms with Crippen LogP contribution < -0.4 is 31.3 Å². The molecule has 3 aromatic rings. The molecule has 296 valence electrons. The summed E-state index contributed by atoms with van der Waals surface area (Å²) < 4.78 is 10.5. The lowest BCUT2D eigenvalue weighted by atomic mass is 9.92. The van der Waals surface area contributed by atoms with Gasteiger partial charge in [0.2, 0.25) is 0 Å². The monoisotopic (exact) mass is 738 g/mol. The van der Waals surface area contributed by atoms with E-state index in [0.29, 0.717) is 6.61 Å². The number of nitrogens with one attached hydrogen (secondary N) is 5. The van der Waals surface area contributed by atoms with Gasteiger partial charge in [0.1, 0.15) is 19.1 Å². The lowest BCUT2D eigenvalue weighted by Crippen LogP contribution is -2.27. The van der Waals surface area contributed by atoms with Crippen LogP contribution in [0.25, 0.3) is 27.6 Å². The molecule has 0 spiro atoms. The van der Waals surface area contributed by atoms with Crippen LogP contribution in [0.5, 0.6) is 5.75 Å². The van der Waals surface area contributed by atoms with Crippen LogP contribution in [0.4, 0.5) is 11.4 Å². The van der Waals surface area contributed by atoms with Crippen molar-refractivity contribution in [3.05, 3.63) is 59.8 Å². The van der Waals surface area contributed by atoms with Crippen LogP contribution in [0.3, 0.4) is 0 Å². The first-order valence-corrected chi connectivity index (χ1v) is 18.1. The van der Waals surface area contributed by atoms with Crippen molar-refractivity contribution >= 4 is 54.5 Å². The molecule has 0 bridgehead atoms. The van der Waals surface area contributed by atoms with E-state index in [4.69, 9.17) is 19.4 Å². The Labute approximate surface area is 319 Å². The van der Waals surface area contributed by atoms with E-state index < -0.39 is 0 Å². The van der Waals surface area contributed by atoms with E-state index in [1.165, 1.54) is 18.4 Å². The fraction of sp³-hybridized carbons (Fsp3) is 0.463. The van der Waals surface area contributed by atoms with E-state index >= 15 is 0 Å². The van der Waals surface area contributed by atoms with E-state index in [1.807, 2.05) is 27.0 Å². The van der Waals surface area contributed by atoms with Crippen LogP contribution >= 0.6 is 0 Å². The number of carboxylic acid groups (broad SMARTS) is 1. The van der Waals surface area contributed by atoms with E-state index in [2.05, 4.69) is 119 Å². The molecule has 0 unspecified atom stereocenters. The third-order valence-electron chi connectivity index (χ3n) is 7.03. The highest BCUT2D eigenvalue weighted by molar-refractivity contribution is 6.03. The number of rotatable bonds is 16. The van der Waals surface area contributed by atoms with Crippen LogP contribution in [0, 0.1) is 0 Å². The molecule has 53 heavy (non-hydrogen) atoms. The lowest BCUT2D eigenvalue weighted by molar-refractivity contribution is -0.122. The van der Waals surface area contributed by atoms with Crippen molar-refractivity contribution in [2.45, 2.75) is 60.0 Å². The number of hydrogen-bond donors (Lipinski definition) is 6. The van der Waals surface area contributed by atoms with Gasteiger partial charge in [-0.25, -0.2) is 0 Å². The molecular weight excluding hydrogens is 670 g/mol. The lowest BCUT2D eigenvalue weighted by Gasteiger charge is -2.24. The molecule has 1 aliphatic rings. The van der Waals surface area contributed by atoms with Crippen LogP contribution in [0.1, 0.15) is 64.5 Å². The Bertz CT molecular complexity index is 1450. The van der Waals surface area contributed by atoms with Gasteiger partial charge in [0.25, 0.3) is 6.47 Å². The quantitative estimate of drug-likeness (QED) is 0.0507. The SMILES string of the molecule is C=N/C=C(\NCCNCCC)c1ccc2c(c1)COc1cc3c(NCCCNC)c(N=C)ccc3cc1-2.C=O.CCC.CCCNC.COC.O=CO. The molecule has 12 nitrogen and oxygen atoms in total. The summed E-state index contributed by atoms with van der Waals surface area (Å²) in [6.07, 6.45) is 6.40. The first kappa shape index (κ1) is 50.5. The molecule has 0 fully saturated rings. The van der Waals surface area contributed by atoms with Gasteiger partial charge in [-0.05, 0) is 113 Å². The number of anilines is 1. The van der Waals surface area contributed by atoms with E-state index in [9.17, 15) is 0 Å². The number of hydrogen-bond acceptors (Lipinski definition) is 11. The second-order valence-electron chi connectivity index (χ2n) is 11.5. The second kappa shape index (κ2) is 34.5. The molecule has 4 rings (SSSR count).